The minimum absolute atomic E-state index is 0.0460. The number of carbonyl (C=O) groups is 1. The molecule has 6 heteroatoms. The van der Waals surface area contributed by atoms with E-state index in [1.165, 1.54) is 36.2 Å². The highest BCUT2D eigenvalue weighted by Crippen LogP contribution is 2.16. The zero-order chi connectivity index (χ0) is 13.7. The fraction of sp³-hybridized carbons (Fsp3) is 0.154. The Balaban J connectivity index is 1.96. The first-order valence-corrected chi connectivity index (χ1v) is 6.63. The van der Waals surface area contributed by atoms with Gasteiger partial charge in [0.15, 0.2) is 0 Å². The third-order valence-corrected chi connectivity index (χ3v) is 3.37. The SMILES string of the molecule is O=C(O)c1ccnc(SCCn2ccccc2=O)c1. The predicted molar refractivity (Wildman–Crippen MR) is 72.6 cm³/mol. The Morgan fingerprint density at radius 2 is 2.21 bits per heavy atom. The number of nitrogens with zero attached hydrogens (tertiary/aromatic N) is 2. The van der Waals surface area contributed by atoms with Crippen LogP contribution in [0.3, 0.4) is 0 Å². The molecule has 2 aromatic heterocycles. The van der Waals surface area contributed by atoms with E-state index in [1.54, 1.807) is 22.9 Å². The summed E-state index contributed by atoms with van der Waals surface area (Å²) in [6.45, 7) is 0.559. The zero-order valence-electron chi connectivity index (χ0n) is 10.0. The molecule has 0 unspecified atom stereocenters. The van der Waals surface area contributed by atoms with Gasteiger partial charge in [0.25, 0.3) is 5.56 Å². The number of carboxylic acid groups (broad SMARTS) is 1. The molecule has 2 heterocycles. The zero-order valence-corrected chi connectivity index (χ0v) is 10.8. The molecule has 19 heavy (non-hydrogen) atoms. The fourth-order valence-corrected chi connectivity index (χ4v) is 2.36. The van der Waals surface area contributed by atoms with Crippen LogP contribution < -0.4 is 5.56 Å². The molecule has 0 saturated carbocycles. The molecule has 0 saturated heterocycles. The second kappa shape index (κ2) is 6.19. The van der Waals surface area contributed by atoms with Gasteiger partial charge in [0.2, 0.25) is 0 Å². The molecule has 0 bridgehead atoms. The summed E-state index contributed by atoms with van der Waals surface area (Å²) in [5, 5.41) is 9.51. The third kappa shape index (κ3) is 3.69. The van der Waals surface area contributed by atoms with Crippen LogP contribution in [0.1, 0.15) is 10.4 Å². The van der Waals surface area contributed by atoms with Crippen LogP contribution in [0.5, 0.6) is 0 Å². The van der Waals surface area contributed by atoms with E-state index in [2.05, 4.69) is 4.98 Å². The van der Waals surface area contributed by atoms with Crippen molar-refractivity contribution in [2.45, 2.75) is 11.6 Å². The smallest absolute Gasteiger partial charge is 0.335 e. The standard InChI is InChI=1S/C13H12N2O3S/c16-12-3-1-2-6-15(12)7-8-19-11-9-10(13(17)18)4-5-14-11/h1-6,9H,7-8H2,(H,17,18). The molecule has 0 aromatic carbocycles. The Kier molecular flexibility index (Phi) is 4.35. The Bertz CT molecular complexity index is 640. The lowest BCUT2D eigenvalue weighted by atomic mass is 10.3. The topological polar surface area (TPSA) is 72.2 Å². The fourth-order valence-electron chi connectivity index (χ4n) is 1.52. The Morgan fingerprint density at radius 1 is 1.37 bits per heavy atom. The van der Waals surface area contributed by atoms with Crippen molar-refractivity contribution in [3.63, 3.8) is 0 Å². The van der Waals surface area contributed by atoms with Gasteiger partial charge in [-0.15, -0.1) is 11.8 Å². The van der Waals surface area contributed by atoms with E-state index in [0.29, 0.717) is 17.3 Å². The number of carboxylic acids is 1. The molecule has 0 atom stereocenters. The number of rotatable bonds is 5. The van der Waals surface area contributed by atoms with Crippen LogP contribution in [0.15, 0.2) is 52.5 Å². The van der Waals surface area contributed by atoms with Gasteiger partial charge in [-0.05, 0) is 18.2 Å². The number of hydrogen-bond donors (Lipinski definition) is 1. The molecule has 0 spiro atoms. The summed E-state index contributed by atoms with van der Waals surface area (Å²) in [6.07, 6.45) is 3.20. The molecule has 98 valence electrons. The molecule has 0 aliphatic heterocycles. The van der Waals surface area contributed by atoms with Gasteiger partial charge in [0.1, 0.15) is 0 Å². The quantitative estimate of drug-likeness (QED) is 0.842. The Morgan fingerprint density at radius 3 is 2.95 bits per heavy atom. The third-order valence-electron chi connectivity index (χ3n) is 2.46. The van der Waals surface area contributed by atoms with Gasteiger partial charge in [-0.2, -0.15) is 0 Å². The summed E-state index contributed by atoms with van der Waals surface area (Å²) < 4.78 is 1.61. The number of aromatic carboxylic acids is 1. The lowest BCUT2D eigenvalue weighted by molar-refractivity contribution is 0.0696. The van der Waals surface area contributed by atoms with E-state index >= 15 is 0 Å². The van der Waals surface area contributed by atoms with Gasteiger partial charge in [0.05, 0.1) is 10.6 Å². The lowest BCUT2D eigenvalue weighted by Gasteiger charge is -2.04. The van der Waals surface area contributed by atoms with Gasteiger partial charge in [-0.1, -0.05) is 6.07 Å². The lowest BCUT2D eigenvalue weighted by Crippen LogP contribution is -2.18. The molecular formula is C13H12N2O3S. The predicted octanol–water partition coefficient (Wildman–Crippen LogP) is 1.73. The van der Waals surface area contributed by atoms with Crippen molar-refractivity contribution < 1.29 is 9.90 Å². The molecule has 2 aromatic rings. The average Bonchev–Trinajstić information content (AvgIpc) is 2.41. The molecule has 0 fully saturated rings. The van der Waals surface area contributed by atoms with Crippen LogP contribution in [0.4, 0.5) is 0 Å². The number of pyridine rings is 2. The normalized spacial score (nSPS) is 10.3. The monoisotopic (exact) mass is 276 g/mol. The van der Waals surface area contributed by atoms with Crippen molar-refractivity contribution in [2.24, 2.45) is 0 Å². The van der Waals surface area contributed by atoms with E-state index in [-0.39, 0.29) is 11.1 Å². The van der Waals surface area contributed by atoms with E-state index in [1.807, 2.05) is 0 Å². The maximum absolute atomic E-state index is 11.5. The van der Waals surface area contributed by atoms with Crippen molar-refractivity contribution in [2.75, 3.05) is 5.75 Å². The van der Waals surface area contributed by atoms with E-state index in [0.717, 1.165) is 0 Å². The molecule has 0 radical (unpaired) electrons. The van der Waals surface area contributed by atoms with E-state index in [4.69, 9.17) is 5.11 Å². The van der Waals surface area contributed by atoms with Gasteiger partial charge in [-0.3, -0.25) is 4.79 Å². The summed E-state index contributed by atoms with van der Waals surface area (Å²) in [4.78, 5) is 26.4. The average molecular weight is 276 g/mol. The van der Waals surface area contributed by atoms with Gasteiger partial charge >= 0.3 is 5.97 Å². The summed E-state index contributed by atoms with van der Waals surface area (Å²) in [5.74, 6) is -0.316. The second-order valence-electron chi connectivity index (χ2n) is 3.77. The number of aryl methyl sites for hydroxylation is 1. The minimum atomic E-state index is -0.969. The first-order chi connectivity index (χ1) is 9.16. The maximum atomic E-state index is 11.5. The molecule has 0 aliphatic carbocycles. The molecule has 1 N–H and O–H groups in total. The van der Waals surface area contributed by atoms with Crippen molar-refractivity contribution in [3.05, 3.63) is 58.6 Å². The highest BCUT2D eigenvalue weighted by molar-refractivity contribution is 7.99. The van der Waals surface area contributed by atoms with Crippen LogP contribution in [0.25, 0.3) is 0 Å². The Hall–Kier alpha value is -2.08. The number of hydrogen-bond acceptors (Lipinski definition) is 4. The number of thioether (sulfide) groups is 1. The van der Waals surface area contributed by atoms with Crippen LogP contribution in [-0.2, 0) is 6.54 Å². The van der Waals surface area contributed by atoms with Crippen molar-refractivity contribution >= 4 is 17.7 Å². The largest absolute Gasteiger partial charge is 0.478 e. The molecule has 0 aliphatic rings. The summed E-state index contributed by atoms with van der Waals surface area (Å²) in [6, 6.07) is 7.99. The van der Waals surface area contributed by atoms with Crippen molar-refractivity contribution in [1.82, 2.24) is 9.55 Å². The van der Waals surface area contributed by atoms with Crippen molar-refractivity contribution in [3.8, 4) is 0 Å². The van der Waals surface area contributed by atoms with Crippen LogP contribution in [-0.4, -0.2) is 26.4 Å². The van der Waals surface area contributed by atoms with Gasteiger partial charge in [0, 0.05) is 30.8 Å². The van der Waals surface area contributed by atoms with Crippen LogP contribution in [0.2, 0.25) is 0 Å². The highest BCUT2D eigenvalue weighted by Gasteiger charge is 2.04. The van der Waals surface area contributed by atoms with Crippen molar-refractivity contribution in [1.29, 1.82) is 0 Å². The first kappa shape index (κ1) is 13.4. The minimum Gasteiger partial charge on any atom is -0.478 e. The van der Waals surface area contributed by atoms with Crippen LogP contribution in [0, 0.1) is 0 Å². The van der Waals surface area contributed by atoms with E-state index < -0.39 is 5.97 Å². The maximum Gasteiger partial charge on any atom is 0.335 e. The summed E-state index contributed by atoms with van der Waals surface area (Å²) >= 11 is 1.42. The summed E-state index contributed by atoms with van der Waals surface area (Å²) in [7, 11) is 0. The summed E-state index contributed by atoms with van der Waals surface area (Å²) in [5.41, 5.74) is 0.171. The molecule has 5 nitrogen and oxygen atoms in total. The number of aromatic nitrogens is 2. The van der Waals surface area contributed by atoms with Gasteiger partial charge < -0.3 is 9.67 Å². The van der Waals surface area contributed by atoms with E-state index in [9.17, 15) is 9.59 Å². The molecular weight excluding hydrogens is 264 g/mol. The van der Waals surface area contributed by atoms with Crippen LogP contribution >= 0.6 is 11.8 Å². The molecule has 0 amide bonds. The highest BCUT2D eigenvalue weighted by atomic mass is 32.2. The first-order valence-electron chi connectivity index (χ1n) is 5.64. The van der Waals surface area contributed by atoms with Gasteiger partial charge in [-0.25, -0.2) is 9.78 Å². The second-order valence-corrected chi connectivity index (χ2v) is 4.88. The Labute approximate surface area is 113 Å². The molecule has 2 rings (SSSR count).